The molecule has 31 heavy (non-hydrogen) atoms. The van der Waals surface area contributed by atoms with Crippen molar-refractivity contribution in [3.63, 3.8) is 0 Å². The van der Waals surface area contributed by atoms with E-state index in [0.717, 1.165) is 49.9 Å². The molecule has 2 aliphatic heterocycles. The Morgan fingerprint density at radius 2 is 1.74 bits per heavy atom. The van der Waals surface area contributed by atoms with Crippen LogP contribution in [0.25, 0.3) is 0 Å². The average molecular weight is 427 g/mol. The fourth-order valence-corrected chi connectivity index (χ4v) is 4.39. The standard InChI is InChI=1S/C24H28F2N4O/c1-17(29-13-11-28(3)12-14-29)23(31)30-24(2,18-7-5-4-6-8-18)16-22(27-30)20-15-19(25)9-10-21(20)26/h4-10,15,17H,11-14,16H2,1-3H3/t17-,24-/m0/s1. The van der Waals surface area contributed by atoms with Crippen molar-refractivity contribution in [3.05, 3.63) is 71.3 Å². The summed E-state index contributed by atoms with van der Waals surface area (Å²) >= 11 is 0. The number of nitrogens with zero attached hydrogens (tertiary/aromatic N) is 4. The molecule has 0 unspecified atom stereocenters. The van der Waals surface area contributed by atoms with Gasteiger partial charge in [-0.15, -0.1) is 0 Å². The van der Waals surface area contributed by atoms with Crippen LogP contribution in [0.15, 0.2) is 53.6 Å². The maximum absolute atomic E-state index is 14.5. The number of hydrazone groups is 1. The summed E-state index contributed by atoms with van der Waals surface area (Å²) in [5.41, 5.74) is 0.601. The Morgan fingerprint density at radius 1 is 1.06 bits per heavy atom. The van der Waals surface area contributed by atoms with Gasteiger partial charge in [0.15, 0.2) is 0 Å². The molecule has 1 amide bonds. The summed E-state index contributed by atoms with van der Waals surface area (Å²) in [6, 6.07) is 12.6. The van der Waals surface area contributed by atoms with E-state index >= 15 is 0 Å². The molecule has 2 atom stereocenters. The Hall–Kier alpha value is -2.64. The molecule has 0 aliphatic carbocycles. The largest absolute Gasteiger partial charge is 0.304 e. The van der Waals surface area contributed by atoms with E-state index in [0.29, 0.717) is 12.1 Å². The van der Waals surface area contributed by atoms with Crippen molar-refractivity contribution < 1.29 is 13.6 Å². The zero-order valence-corrected chi connectivity index (χ0v) is 18.2. The molecule has 7 heteroatoms. The number of benzene rings is 2. The topological polar surface area (TPSA) is 39.2 Å². The number of rotatable bonds is 4. The van der Waals surface area contributed by atoms with Gasteiger partial charge < -0.3 is 4.90 Å². The molecular formula is C24H28F2N4O. The van der Waals surface area contributed by atoms with Crippen molar-refractivity contribution in [2.45, 2.75) is 31.8 Å². The van der Waals surface area contributed by atoms with E-state index in [1.54, 1.807) is 0 Å². The van der Waals surface area contributed by atoms with Gasteiger partial charge in [-0.25, -0.2) is 13.8 Å². The fraction of sp³-hybridized carbons (Fsp3) is 0.417. The third-order valence-corrected chi connectivity index (χ3v) is 6.49. The Labute approximate surface area is 181 Å². The van der Waals surface area contributed by atoms with Crippen molar-refractivity contribution in [1.82, 2.24) is 14.8 Å². The van der Waals surface area contributed by atoms with Gasteiger partial charge in [0.2, 0.25) is 0 Å². The maximum Gasteiger partial charge on any atom is 0.260 e. The molecule has 0 saturated carbocycles. The minimum atomic E-state index is -0.784. The lowest BCUT2D eigenvalue weighted by Crippen LogP contribution is -2.55. The summed E-state index contributed by atoms with van der Waals surface area (Å²) in [6.45, 7) is 7.23. The summed E-state index contributed by atoms with van der Waals surface area (Å²) in [5, 5.41) is 6.07. The zero-order chi connectivity index (χ0) is 22.2. The van der Waals surface area contributed by atoms with Gasteiger partial charge in [0, 0.05) is 38.2 Å². The summed E-state index contributed by atoms with van der Waals surface area (Å²) in [5.74, 6) is -1.21. The van der Waals surface area contributed by atoms with Crippen LogP contribution in [0.2, 0.25) is 0 Å². The molecule has 0 radical (unpaired) electrons. The Balaban J connectivity index is 1.70. The van der Waals surface area contributed by atoms with Crippen LogP contribution < -0.4 is 0 Å². The third-order valence-electron chi connectivity index (χ3n) is 6.49. The average Bonchev–Trinajstić information content (AvgIpc) is 3.14. The third kappa shape index (κ3) is 4.12. The highest BCUT2D eigenvalue weighted by Gasteiger charge is 2.46. The van der Waals surface area contributed by atoms with Gasteiger partial charge in [0.05, 0.1) is 17.3 Å². The molecule has 5 nitrogen and oxygen atoms in total. The van der Waals surface area contributed by atoms with Crippen LogP contribution in [0.3, 0.4) is 0 Å². The Bertz CT molecular complexity index is 988. The molecule has 0 spiro atoms. The number of hydrogen-bond donors (Lipinski definition) is 0. The van der Waals surface area contributed by atoms with Crippen molar-refractivity contribution in [3.8, 4) is 0 Å². The molecule has 0 N–H and O–H groups in total. The highest BCUT2D eigenvalue weighted by atomic mass is 19.1. The molecule has 2 aliphatic rings. The molecule has 4 rings (SSSR count). The predicted octanol–water partition coefficient (Wildman–Crippen LogP) is 3.45. The van der Waals surface area contributed by atoms with Crippen LogP contribution in [-0.4, -0.2) is 65.7 Å². The number of likely N-dealkylation sites (N-methyl/N-ethyl adjacent to an activating group) is 1. The minimum Gasteiger partial charge on any atom is -0.304 e. The van der Waals surface area contributed by atoms with Crippen LogP contribution >= 0.6 is 0 Å². The van der Waals surface area contributed by atoms with Crippen LogP contribution in [0.5, 0.6) is 0 Å². The lowest BCUT2D eigenvalue weighted by atomic mass is 9.85. The number of carbonyl (C=O) groups is 1. The van der Waals surface area contributed by atoms with Gasteiger partial charge in [-0.05, 0) is 44.7 Å². The summed E-state index contributed by atoms with van der Waals surface area (Å²) < 4.78 is 28.4. The first-order chi connectivity index (χ1) is 14.8. The molecule has 1 fully saturated rings. The molecule has 0 bridgehead atoms. The number of halogens is 2. The lowest BCUT2D eigenvalue weighted by Gasteiger charge is -2.40. The second kappa shape index (κ2) is 8.48. The number of piperazine rings is 1. The normalized spacial score (nSPS) is 23.6. The van der Waals surface area contributed by atoms with Crippen molar-refractivity contribution in [1.29, 1.82) is 0 Å². The van der Waals surface area contributed by atoms with E-state index in [1.165, 1.54) is 5.01 Å². The quantitative estimate of drug-likeness (QED) is 0.752. The van der Waals surface area contributed by atoms with E-state index < -0.39 is 17.2 Å². The molecular weight excluding hydrogens is 398 g/mol. The van der Waals surface area contributed by atoms with Gasteiger partial charge in [0.1, 0.15) is 11.6 Å². The molecule has 2 aromatic carbocycles. The van der Waals surface area contributed by atoms with Crippen molar-refractivity contribution in [2.24, 2.45) is 5.10 Å². The molecule has 2 aromatic rings. The first-order valence-corrected chi connectivity index (χ1v) is 10.6. The smallest absolute Gasteiger partial charge is 0.260 e. The van der Waals surface area contributed by atoms with Crippen molar-refractivity contribution in [2.75, 3.05) is 33.2 Å². The van der Waals surface area contributed by atoms with Crippen LogP contribution in [-0.2, 0) is 10.3 Å². The van der Waals surface area contributed by atoms with E-state index in [-0.39, 0.29) is 17.5 Å². The molecule has 164 valence electrons. The van der Waals surface area contributed by atoms with E-state index in [2.05, 4.69) is 21.9 Å². The van der Waals surface area contributed by atoms with Crippen LogP contribution in [0.4, 0.5) is 8.78 Å². The Morgan fingerprint density at radius 3 is 2.42 bits per heavy atom. The number of amides is 1. The first kappa shape index (κ1) is 21.6. The Kier molecular flexibility index (Phi) is 5.90. The second-order valence-electron chi connectivity index (χ2n) is 8.65. The van der Waals surface area contributed by atoms with Gasteiger partial charge in [-0.3, -0.25) is 9.69 Å². The summed E-state index contributed by atoms with van der Waals surface area (Å²) in [6.07, 6.45) is 0.304. The molecule has 0 aromatic heterocycles. The van der Waals surface area contributed by atoms with Crippen LogP contribution in [0.1, 0.15) is 31.4 Å². The fourth-order valence-electron chi connectivity index (χ4n) is 4.39. The van der Waals surface area contributed by atoms with Gasteiger partial charge in [-0.2, -0.15) is 5.10 Å². The van der Waals surface area contributed by atoms with Gasteiger partial charge in [-0.1, -0.05) is 30.3 Å². The maximum atomic E-state index is 14.5. The minimum absolute atomic E-state index is 0.102. The summed E-state index contributed by atoms with van der Waals surface area (Å²) in [4.78, 5) is 18.0. The second-order valence-corrected chi connectivity index (χ2v) is 8.65. The first-order valence-electron chi connectivity index (χ1n) is 10.6. The SMILES string of the molecule is C[C@@H](C(=O)N1N=C(c2cc(F)ccc2F)C[C@@]1(C)c1ccccc1)N1CCN(C)CC1. The van der Waals surface area contributed by atoms with Gasteiger partial charge >= 0.3 is 0 Å². The highest BCUT2D eigenvalue weighted by molar-refractivity contribution is 6.04. The zero-order valence-electron chi connectivity index (χ0n) is 18.2. The van der Waals surface area contributed by atoms with E-state index in [1.807, 2.05) is 44.2 Å². The van der Waals surface area contributed by atoms with E-state index in [4.69, 9.17) is 0 Å². The lowest BCUT2D eigenvalue weighted by molar-refractivity contribution is -0.142. The monoisotopic (exact) mass is 426 g/mol. The van der Waals surface area contributed by atoms with Crippen molar-refractivity contribution >= 4 is 11.6 Å². The number of carbonyl (C=O) groups excluding carboxylic acids is 1. The molecule has 1 saturated heterocycles. The van der Waals surface area contributed by atoms with Crippen LogP contribution in [0, 0.1) is 11.6 Å². The summed E-state index contributed by atoms with van der Waals surface area (Å²) in [7, 11) is 2.07. The van der Waals surface area contributed by atoms with E-state index in [9.17, 15) is 13.6 Å². The van der Waals surface area contributed by atoms with Gasteiger partial charge in [0.25, 0.3) is 5.91 Å². The predicted molar refractivity (Wildman–Crippen MR) is 117 cm³/mol. The number of hydrogen-bond acceptors (Lipinski definition) is 4. The molecule has 2 heterocycles. The highest BCUT2D eigenvalue weighted by Crippen LogP contribution is 2.40.